The fraction of sp³-hybridized carbons (Fsp3) is 0.676. The molecule has 2 fully saturated rings. The molecule has 2 aromatic rings. The van der Waals surface area contributed by atoms with Gasteiger partial charge < -0.3 is 29.2 Å². The quantitative estimate of drug-likeness (QED) is 0.240. The molecule has 0 spiro atoms. The van der Waals surface area contributed by atoms with Crippen LogP contribution >= 0.6 is 0 Å². The van der Waals surface area contributed by atoms with Crippen molar-refractivity contribution in [2.24, 2.45) is 0 Å². The standard InChI is InChI=1S/C37H56O6/c1-36(2,3)30-23-26(13-11-19-42-32-15-7-9-17-40-32)21-28(34(30)38)25-29-22-27(24-31(35(29)39)37(4,5)6)14-12-20-43-33-16-8-10-18-41-33/h21-24,32-33,38-39H,7-20,25H2,1-6H3. The lowest BCUT2D eigenvalue weighted by Crippen LogP contribution is -2.22. The lowest BCUT2D eigenvalue weighted by molar-refractivity contribution is -0.162. The van der Waals surface area contributed by atoms with Crippen LogP contribution in [0.4, 0.5) is 0 Å². The summed E-state index contributed by atoms with van der Waals surface area (Å²) in [6.45, 7) is 15.7. The summed E-state index contributed by atoms with van der Waals surface area (Å²) in [7, 11) is 0. The van der Waals surface area contributed by atoms with Gasteiger partial charge in [-0.1, -0.05) is 65.8 Å². The second-order valence-electron chi connectivity index (χ2n) is 14.5. The van der Waals surface area contributed by atoms with Gasteiger partial charge in [-0.15, -0.1) is 0 Å². The summed E-state index contributed by atoms with van der Waals surface area (Å²) in [4.78, 5) is 0. The lowest BCUT2D eigenvalue weighted by atomic mass is 9.81. The van der Waals surface area contributed by atoms with Gasteiger partial charge in [0, 0.05) is 19.6 Å². The third-order valence-electron chi connectivity index (χ3n) is 8.60. The first-order chi connectivity index (χ1) is 20.4. The lowest BCUT2D eigenvalue weighted by Gasteiger charge is -2.26. The normalized spacial score (nSPS) is 20.0. The molecule has 0 amide bonds. The number of aryl methyl sites for hydroxylation is 2. The maximum atomic E-state index is 11.5. The molecule has 2 saturated heterocycles. The van der Waals surface area contributed by atoms with E-state index in [0.29, 0.717) is 31.1 Å². The molecule has 0 radical (unpaired) electrons. The SMILES string of the molecule is CC(C)(C)c1cc(CCCOC2CCCCO2)cc(Cc2cc(CCCOC3CCCCO3)cc(C(C)(C)C)c2O)c1O. The molecule has 0 aromatic heterocycles. The van der Waals surface area contributed by atoms with Crippen molar-refractivity contribution in [2.45, 2.75) is 136 Å². The maximum absolute atomic E-state index is 11.5. The largest absolute Gasteiger partial charge is 0.507 e. The first-order valence-electron chi connectivity index (χ1n) is 16.6. The van der Waals surface area contributed by atoms with Crippen molar-refractivity contribution < 1.29 is 29.2 Å². The number of phenolic OH excluding ortho intramolecular Hbond substituents is 2. The Bertz CT molecular complexity index is 1070. The molecule has 2 unspecified atom stereocenters. The number of benzene rings is 2. The zero-order valence-corrected chi connectivity index (χ0v) is 27.6. The fourth-order valence-corrected chi connectivity index (χ4v) is 6.10. The first kappa shape index (κ1) is 33.8. The van der Waals surface area contributed by atoms with Gasteiger partial charge in [0.25, 0.3) is 0 Å². The average molecular weight is 597 g/mol. The van der Waals surface area contributed by atoms with Gasteiger partial charge >= 0.3 is 0 Å². The number of hydrogen-bond donors (Lipinski definition) is 2. The predicted octanol–water partition coefficient (Wildman–Crippen LogP) is 8.24. The number of phenols is 2. The molecule has 2 atom stereocenters. The van der Waals surface area contributed by atoms with Crippen LogP contribution in [0.2, 0.25) is 0 Å². The Morgan fingerprint density at radius 2 is 1.07 bits per heavy atom. The zero-order valence-electron chi connectivity index (χ0n) is 27.6. The second-order valence-corrected chi connectivity index (χ2v) is 14.5. The Morgan fingerprint density at radius 3 is 1.42 bits per heavy atom. The third kappa shape index (κ3) is 9.94. The Kier molecular flexibility index (Phi) is 12.0. The van der Waals surface area contributed by atoms with E-state index < -0.39 is 0 Å². The highest BCUT2D eigenvalue weighted by atomic mass is 16.7. The average Bonchev–Trinajstić information content (AvgIpc) is 2.96. The molecule has 2 aromatic carbocycles. The summed E-state index contributed by atoms with van der Waals surface area (Å²) >= 11 is 0. The van der Waals surface area contributed by atoms with Gasteiger partial charge in [0.1, 0.15) is 11.5 Å². The van der Waals surface area contributed by atoms with Crippen LogP contribution in [0.5, 0.6) is 11.5 Å². The number of rotatable bonds is 12. The molecule has 2 N–H and O–H groups in total. The Labute approximate surface area is 260 Å². The van der Waals surface area contributed by atoms with E-state index in [0.717, 1.165) is 99.7 Å². The number of hydrogen-bond acceptors (Lipinski definition) is 6. The van der Waals surface area contributed by atoms with Crippen LogP contribution in [0.25, 0.3) is 0 Å². The summed E-state index contributed by atoms with van der Waals surface area (Å²) in [5, 5.41) is 23.0. The van der Waals surface area contributed by atoms with E-state index in [1.54, 1.807) is 0 Å². The van der Waals surface area contributed by atoms with Gasteiger partial charge in [0.2, 0.25) is 0 Å². The summed E-state index contributed by atoms with van der Waals surface area (Å²) < 4.78 is 23.4. The molecule has 2 aliphatic rings. The van der Waals surface area contributed by atoms with Gasteiger partial charge in [-0.05, 0) is 108 Å². The van der Waals surface area contributed by atoms with Crippen LogP contribution in [0.1, 0.15) is 126 Å². The van der Waals surface area contributed by atoms with E-state index in [1.807, 2.05) is 0 Å². The molecule has 2 heterocycles. The van der Waals surface area contributed by atoms with Crippen LogP contribution in [0.15, 0.2) is 24.3 Å². The number of aromatic hydroxyl groups is 2. The van der Waals surface area contributed by atoms with E-state index in [-0.39, 0.29) is 23.4 Å². The highest BCUT2D eigenvalue weighted by molar-refractivity contribution is 5.53. The van der Waals surface area contributed by atoms with Crippen LogP contribution in [0, 0.1) is 0 Å². The monoisotopic (exact) mass is 596 g/mol. The van der Waals surface area contributed by atoms with Crippen LogP contribution in [-0.4, -0.2) is 49.2 Å². The summed E-state index contributed by atoms with van der Waals surface area (Å²) in [6, 6.07) is 8.51. The minimum Gasteiger partial charge on any atom is -0.507 e. The maximum Gasteiger partial charge on any atom is 0.157 e. The molecule has 0 bridgehead atoms. The van der Waals surface area contributed by atoms with Crippen molar-refractivity contribution >= 4 is 0 Å². The summed E-state index contributed by atoms with van der Waals surface area (Å²) in [6.07, 6.45) is 10.3. The minimum atomic E-state index is -0.218. The molecular formula is C37H56O6. The molecule has 43 heavy (non-hydrogen) atoms. The predicted molar refractivity (Wildman–Crippen MR) is 172 cm³/mol. The zero-order chi connectivity index (χ0) is 31.0. The highest BCUT2D eigenvalue weighted by Crippen LogP contribution is 2.40. The molecule has 0 aliphatic carbocycles. The topological polar surface area (TPSA) is 77.4 Å². The van der Waals surface area contributed by atoms with Crippen LogP contribution in [0.3, 0.4) is 0 Å². The summed E-state index contributed by atoms with van der Waals surface area (Å²) in [5.41, 5.74) is 5.50. The fourth-order valence-electron chi connectivity index (χ4n) is 6.10. The van der Waals surface area contributed by atoms with Gasteiger partial charge in [-0.2, -0.15) is 0 Å². The minimum absolute atomic E-state index is 0.0753. The second kappa shape index (κ2) is 15.2. The van der Waals surface area contributed by atoms with Crippen molar-refractivity contribution in [3.05, 3.63) is 57.6 Å². The van der Waals surface area contributed by atoms with Crippen molar-refractivity contribution in [2.75, 3.05) is 26.4 Å². The molecule has 240 valence electrons. The van der Waals surface area contributed by atoms with Crippen LogP contribution < -0.4 is 0 Å². The Balaban J connectivity index is 1.51. The molecule has 6 heteroatoms. The van der Waals surface area contributed by atoms with Gasteiger partial charge in [0.05, 0.1) is 13.2 Å². The van der Waals surface area contributed by atoms with Crippen LogP contribution in [-0.2, 0) is 49.0 Å². The van der Waals surface area contributed by atoms with E-state index in [2.05, 4.69) is 65.8 Å². The van der Waals surface area contributed by atoms with Crippen molar-refractivity contribution in [1.29, 1.82) is 0 Å². The Morgan fingerprint density at radius 1 is 0.651 bits per heavy atom. The third-order valence-corrected chi connectivity index (χ3v) is 8.60. The number of ether oxygens (including phenoxy) is 4. The Hall–Kier alpha value is -2.12. The molecule has 2 aliphatic heterocycles. The molecule has 0 saturated carbocycles. The molecule has 6 nitrogen and oxygen atoms in total. The van der Waals surface area contributed by atoms with Crippen molar-refractivity contribution in [1.82, 2.24) is 0 Å². The van der Waals surface area contributed by atoms with Gasteiger partial charge in [0.15, 0.2) is 12.6 Å². The van der Waals surface area contributed by atoms with Gasteiger partial charge in [-0.25, -0.2) is 0 Å². The van der Waals surface area contributed by atoms with E-state index in [9.17, 15) is 10.2 Å². The van der Waals surface area contributed by atoms with E-state index in [4.69, 9.17) is 18.9 Å². The van der Waals surface area contributed by atoms with Crippen molar-refractivity contribution in [3.63, 3.8) is 0 Å². The van der Waals surface area contributed by atoms with E-state index >= 15 is 0 Å². The molecular weight excluding hydrogens is 540 g/mol. The van der Waals surface area contributed by atoms with Crippen molar-refractivity contribution in [3.8, 4) is 11.5 Å². The summed E-state index contributed by atoms with van der Waals surface area (Å²) in [5.74, 6) is 0.650. The van der Waals surface area contributed by atoms with E-state index in [1.165, 1.54) is 11.1 Å². The first-order valence-corrected chi connectivity index (χ1v) is 16.6. The highest BCUT2D eigenvalue weighted by Gasteiger charge is 2.25. The molecule has 4 rings (SSSR count). The van der Waals surface area contributed by atoms with Gasteiger partial charge in [-0.3, -0.25) is 0 Å². The smallest absolute Gasteiger partial charge is 0.157 e.